The Balaban J connectivity index is 2.85. The molecule has 0 heterocycles. The number of benzene rings is 1. The minimum atomic E-state index is -0.358. The summed E-state index contributed by atoms with van der Waals surface area (Å²) in [4.78, 5) is 13.6. The Hall–Kier alpha value is -1.54. The lowest BCUT2D eigenvalue weighted by atomic mass is 10.1. The summed E-state index contributed by atoms with van der Waals surface area (Å²) in [5.74, 6) is 0.00399. The average Bonchev–Trinajstić information content (AvgIpc) is 2.38. The second-order valence-electron chi connectivity index (χ2n) is 4.02. The van der Waals surface area contributed by atoms with Crippen LogP contribution in [0.3, 0.4) is 0 Å². The van der Waals surface area contributed by atoms with Crippen LogP contribution in [0.25, 0.3) is 0 Å². The van der Waals surface area contributed by atoms with Gasteiger partial charge in [-0.2, -0.15) is 5.26 Å². The van der Waals surface area contributed by atoms with Crippen LogP contribution in [-0.4, -0.2) is 30.4 Å². The van der Waals surface area contributed by atoms with Crippen molar-refractivity contribution in [3.8, 4) is 6.07 Å². The quantitative estimate of drug-likeness (QED) is 0.930. The third kappa shape index (κ3) is 3.47. The number of nitriles is 1. The molecule has 0 bridgehead atoms. The highest BCUT2D eigenvalue weighted by atomic mass is 79.9. The summed E-state index contributed by atoms with van der Waals surface area (Å²) in [6.07, 6.45) is 0. The number of hydrogen-bond acceptors (Lipinski definition) is 3. The van der Waals surface area contributed by atoms with Crippen molar-refractivity contribution in [1.29, 1.82) is 5.26 Å². The molecule has 1 rings (SSSR count). The Morgan fingerprint density at radius 2 is 2.28 bits per heavy atom. The van der Waals surface area contributed by atoms with E-state index in [9.17, 15) is 4.79 Å². The molecule has 1 atom stereocenters. The second kappa shape index (κ2) is 6.41. The molecule has 0 saturated carbocycles. The zero-order valence-corrected chi connectivity index (χ0v) is 12.3. The van der Waals surface area contributed by atoms with Gasteiger partial charge in [-0.15, -0.1) is 0 Å². The number of likely N-dealkylation sites (N-methyl/N-ethyl adjacent to an activating group) is 1. The van der Waals surface area contributed by atoms with Crippen molar-refractivity contribution in [3.05, 3.63) is 28.2 Å². The van der Waals surface area contributed by atoms with Gasteiger partial charge >= 0.3 is 0 Å². The van der Waals surface area contributed by atoms with Crippen molar-refractivity contribution in [2.24, 2.45) is 0 Å². The first kappa shape index (κ1) is 14.5. The Morgan fingerprint density at radius 1 is 1.61 bits per heavy atom. The number of carbonyl (C=O) groups is 1. The molecule has 0 radical (unpaired) electrons. The smallest absolute Gasteiger partial charge is 0.244 e. The van der Waals surface area contributed by atoms with Gasteiger partial charge in [-0.1, -0.05) is 15.9 Å². The number of rotatable bonds is 4. The van der Waals surface area contributed by atoms with Crippen molar-refractivity contribution >= 4 is 27.5 Å². The summed E-state index contributed by atoms with van der Waals surface area (Å²) in [7, 11) is 1.76. The minimum Gasteiger partial charge on any atom is -0.373 e. The monoisotopic (exact) mass is 309 g/mol. The molecule has 0 spiro atoms. The van der Waals surface area contributed by atoms with Gasteiger partial charge in [-0.05, 0) is 32.0 Å². The fourth-order valence-corrected chi connectivity index (χ4v) is 1.88. The fraction of sp³-hybridized carbons (Fsp3) is 0.385. The van der Waals surface area contributed by atoms with Gasteiger partial charge in [-0.3, -0.25) is 4.79 Å². The lowest BCUT2D eigenvalue weighted by Gasteiger charge is -2.21. The average molecular weight is 310 g/mol. The van der Waals surface area contributed by atoms with E-state index in [2.05, 4.69) is 27.3 Å². The molecule has 96 valence electrons. The highest BCUT2D eigenvalue weighted by molar-refractivity contribution is 9.10. The maximum absolute atomic E-state index is 11.9. The molecular weight excluding hydrogens is 294 g/mol. The van der Waals surface area contributed by atoms with Crippen LogP contribution in [0.4, 0.5) is 5.69 Å². The Kier molecular flexibility index (Phi) is 5.17. The minimum absolute atomic E-state index is 0.00399. The lowest BCUT2D eigenvalue weighted by molar-refractivity contribution is -0.130. The zero-order chi connectivity index (χ0) is 13.7. The Labute approximate surface area is 116 Å². The van der Waals surface area contributed by atoms with Crippen LogP contribution in [0.15, 0.2) is 22.7 Å². The molecule has 0 fully saturated rings. The summed E-state index contributed by atoms with van der Waals surface area (Å²) in [5, 5.41) is 12.1. The number of amides is 1. The predicted molar refractivity (Wildman–Crippen MR) is 75.3 cm³/mol. The van der Waals surface area contributed by atoms with Gasteiger partial charge < -0.3 is 10.2 Å². The van der Waals surface area contributed by atoms with Crippen molar-refractivity contribution in [2.75, 3.05) is 18.9 Å². The lowest BCUT2D eigenvalue weighted by Crippen LogP contribution is -2.38. The molecule has 1 aromatic carbocycles. The number of nitrogens with one attached hydrogen (secondary N) is 1. The Bertz CT molecular complexity index is 482. The van der Waals surface area contributed by atoms with E-state index in [-0.39, 0.29) is 11.9 Å². The second-order valence-corrected chi connectivity index (χ2v) is 4.94. The van der Waals surface area contributed by atoms with Crippen LogP contribution in [0.2, 0.25) is 0 Å². The van der Waals surface area contributed by atoms with Crippen LogP contribution in [-0.2, 0) is 4.79 Å². The summed E-state index contributed by atoms with van der Waals surface area (Å²) in [6.45, 7) is 4.37. The molecule has 1 N–H and O–H groups in total. The number of halogens is 1. The fourth-order valence-electron chi connectivity index (χ4n) is 1.52. The maximum atomic E-state index is 11.9. The number of hydrogen-bond donors (Lipinski definition) is 1. The van der Waals surface area contributed by atoms with Gasteiger partial charge in [0.2, 0.25) is 5.91 Å². The van der Waals surface area contributed by atoms with Gasteiger partial charge in [0.05, 0.1) is 11.3 Å². The van der Waals surface area contributed by atoms with Crippen molar-refractivity contribution < 1.29 is 4.79 Å². The summed E-state index contributed by atoms with van der Waals surface area (Å²) >= 11 is 3.31. The van der Waals surface area contributed by atoms with Gasteiger partial charge in [0.25, 0.3) is 0 Å². The molecular formula is C13H16BrN3O. The third-order valence-electron chi connectivity index (χ3n) is 2.70. The van der Waals surface area contributed by atoms with Crippen molar-refractivity contribution in [3.63, 3.8) is 0 Å². The third-order valence-corrected chi connectivity index (χ3v) is 3.19. The normalized spacial score (nSPS) is 11.5. The number of nitrogens with zero attached hydrogens (tertiary/aromatic N) is 2. The van der Waals surface area contributed by atoms with E-state index in [0.717, 1.165) is 4.47 Å². The first-order chi connectivity index (χ1) is 8.49. The van der Waals surface area contributed by atoms with Gasteiger partial charge in [0.1, 0.15) is 12.1 Å². The predicted octanol–water partition coefficient (Wildman–Crippen LogP) is 2.60. The molecule has 1 unspecified atom stereocenters. The molecule has 0 aliphatic carbocycles. The zero-order valence-electron chi connectivity index (χ0n) is 10.7. The van der Waals surface area contributed by atoms with E-state index in [0.29, 0.717) is 17.8 Å². The highest BCUT2D eigenvalue weighted by Crippen LogP contribution is 2.21. The molecule has 0 aliphatic heterocycles. The molecule has 1 amide bonds. The topological polar surface area (TPSA) is 56.1 Å². The molecule has 1 aromatic rings. The van der Waals surface area contributed by atoms with E-state index in [4.69, 9.17) is 5.26 Å². The molecule has 5 heteroatoms. The molecule has 0 aromatic heterocycles. The van der Waals surface area contributed by atoms with Crippen LogP contribution >= 0.6 is 15.9 Å². The molecule has 0 aliphatic rings. The summed E-state index contributed by atoms with van der Waals surface area (Å²) < 4.78 is 0.842. The molecule has 0 saturated heterocycles. The summed E-state index contributed by atoms with van der Waals surface area (Å²) in [6, 6.07) is 7.10. The summed E-state index contributed by atoms with van der Waals surface area (Å²) in [5.41, 5.74) is 1.19. The van der Waals surface area contributed by atoms with E-state index in [1.807, 2.05) is 13.0 Å². The van der Waals surface area contributed by atoms with Crippen molar-refractivity contribution in [1.82, 2.24) is 4.90 Å². The van der Waals surface area contributed by atoms with E-state index in [1.165, 1.54) is 0 Å². The van der Waals surface area contributed by atoms with E-state index < -0.39 is 0 Å². The number of carbonyl (C=O) groups excluding carboxylic acids is 1. The van der Waals surface area contributed by atoms with Crippen LogP contribution in [0.1, 0.15) is 19.4 Å². The van der Waals surface area contributed by atoms with Crippen LogP contribution < -0.4 is 5.32 Å². The largest absolute Gasteiger partial charge is 0.373 e. The van der Waals surface area contributed by atoms with E-state index >= 15 is 0 Å². The molecule has 18 heavy (non-hydrogen) atoms. The van der Waals surface area contributed by atoms with Crippen LogP contribution in [0, 0.1) is 11.3 Å². The van der Waals surface area contributed by atoms with Crippen LogP contribution in [0.5, 0.6) is 0 Å². The van der Waals surface area contributed by atoms with Gasteiger partial charge in [-0.25, -0.2) is 0 Å². The SMILES string of the molecule is CCN(C)C(=O)C(C)Nc1ccc(Br)cc1C#N. The Morgan fingerprint density at radius 3 is 2.83 bits per heavy atom. The number of anilines is 1. The van der Waals surface area contributed by atoms with Gasteiger partial charge in [0.15, 0.2) is 0 Å². The van der Waals surface area contributed by atoms with Gasteiger partial charge in [0, 0.05) is 18.1 Å². The highest BCUT2D eigenvalue weighted by Gasteiger charge is 2.17. The van der Waals surface area contributed by atoms with Crippen molar-refractivity contribution in [2.45, 2.75) is 19.9 Å². The maximum Gasteiger partial charge on any atom is 0.244 e. The molecule has 4 nitrogen and oxygen atoms in total. The van der Waals surface area contributed by atoms with E-state index in [1.54, 1.807) is 31.0 Å². The first-order valence-corrected chi connectivity index (χ1v) is 6.50. The first-order valence-electron chi connectivity index (χ1n) is 5.70. The standard InChI is InChI=1S/C13H16BrN3O/c1-4-17(3)13(18)9(2)16-12-6-5-11(14)7-10(12)8-15/h5-7,9,16H,4H2,1-3H3.